The van der Waals surface area contributed by atoms with E-state index in [4.69, 9.17) is 5.73 Å². The second-order valence-corrected chi connectivity index (χ2v) is 4.82. The Labute approximate surface area is 105 Å². The molecule has 2 aromatic rings. The van der Waals surface area contributed by atoms with Gasteiger partial charge in [-0.1, -0.05) is 30.3 Å². The number of halogens is 1. The highest BCUT2D eigenvalue weighted by Gasteiger charge is 1.99. The van der Waals surface area contributed by atoms with Crippen LogP contribution in [0.25, 0.3) is 0 Å². The van der Waals surface area contributed by atoms with Crippen LogP contribution in [0.4, 0.5) is 4.39 Å². The molecule has 0 aromatic heterocycles. The molecule has 0 heterocycles. The molecule has 0 saturated heterocycles. The van der Waals surface area contributed by atoms with Crippen molar-refractivity contribution in [3.05, 3.63) is 65.5 Å². The molecule has 2 aromatic carbocycles. The molecule has 0 saturated carbocycles. The van der Waals surface area contributed by atoms with E-state index in [0.717, 1.165) is 16.2 Å². The quantitative estimate of drug-likeness (QED) is 0.836. The van der Waals surface area contributed by atoms with E-state index in [9.17, 15) is 4.39 Å². The molecule has 0 aliphatic heterocycles. The molecule has 0 radical (unpaired) electrons. The standard InChI is InChI=1S/C14H14FNS/c15-13-5-2-6-14(8-13)17-10-12-4-1-3-11(7-12)9-16/h1-8H,9-10,16H2. The normalized spacial score (nSPS) is 10.5. The van der Waals surface area contributed by atoms with Crippen LogP contribution in [0.2, 0.25) is 0 Å². The lowest BCUT2D eigenvalue weighted by molar-refractivity contribution is 0.624. The van der Waals surface area contributed by atoms with Crippen molar-refractivity contribution in [2.45, 2.75) is 17.2 Å². The Hall–Kier alpha value is -1.32. The number of hydrogen-bond acceptors (Lipinski definition) is 2. The molecule has 2 rings (SSSR count). The monoisotopic (exact) mass is 247 g/mol. The van der Waals surface area contributed by atoms with E-state index in [1.165, 1.54) is 11.6 Å². The molecular formula is C14H14FNS. The van der Waals surface area contributed by atoms with E-state index in [1.807, 2.05) is 18.2 Å². The summed E-state index contributed by atoms with van der Waals surface area (Å²) in [5.41, 5.74) is 7.93. The molecule has 0 spiro atoms. The Bertz CT molecular complexity index is 499. The molecule has 2 N–H and O–H groups in total. The van der Waals surface area contributed by atoms with Crippen molar-refractivity contribution < 1.29 is 4.39 Å². The van der Waals surface area contributed by atoms with E-state index in [0.29, 0.717) is 6.54 Å². The third-order valence-corrected chi connectivity index (χ3v) is 3.49. The number of benzene rings is 2. The maximum Gasteiger partial charge on any atom is 0.124 e. The lowest BCUT2D eigenvalue weighted by Crippen LogP contribution is -1.96. The highest BCUT2D eigenvalue weighted by molar-refractivity contribution is 7.98. The number of nitrogens with two attached hydrogens (primary N) is 1. The van der Waals surface area contributed by atoms with E-state index in [2.05, 4.69) is 12.1 Å². The van der Waals surface area contributed by atoms with Crippen molar-refractivity contribution in [1.29, 1.82) is 0 Å². The predicted octanol–water partition coefficient (Wildman–Crippen LogP) is 3.58. The molecule has 0 fully saturated rings. The van der Waals surface area contributed by atoms with Gasteiger partial charge in [0.2, 0.25) is 0 Å². The molecule has 0 unspecified atom stereocenters. The average molecular weight is 247 g/mol. The van der Waals surface area contributed by atoms with Gasteiger partial charge in [0.15, 0.2) is 0 Å². The van der Waals surface area contributed by atoms with Gasteiger partial charge in [-0.15, -0.1) is 11.8 Å². The molecule has 0 atom stereocenters. The van der Waals surface area contributed by atoms with Crippen LogP contribution in [0, 0.1) is 5.82 Å². The summed E-state index contributed by atoms with van der Waals surface area (Å²) in [6.07, 6.45) is 0. The first-order valence-electron chi connectivity index (χ1n) is 5.44. The van der Waals surface area contributed by atoms with Gasteiger partial charge in [0.05, 0.1) is 0 Å². The Morgan fingerprint density at radius 1 is 1.00 bits per heavy atom. The summed E-state index contributed by atoms with van der Waals surface area (Å²) in [5.74, 6) is 0.641. The lowest BCUT2D eigenvalue weighted by atomic mass is 10.1. The van der Waals surface area contributed by atoms with Gasteiger partial charge in [-0.2, -0.15) is 0 Å². The largest absolute Gasteiger partial charge is 0.326 e. The summed E-state index contributed by atoms with van der Waals surface area (Å²) < 4.78 is 13.0. The van der Waals surface area contributed by atoms with E-state index in [-0.39, 0.29) is 5.82 Å². The second-order valence-electron chi connectivity index (χ2n) is 3.77. The van der Waals surface area contributed by atoms with Crippen LogP contribution in [0.15, 0.2) is 53.4 Å². The summed E-state index contributed by atoms with van der Waals surface area (Å²) in [6, 6.07) is 14.8. The molecule has 0 amide bonds. The van der Waals surface area contributed by atoms with Gasteiger partial charge in [-0.3, -0.25) is 0 Å². The minimum atomic E-state index is -0.189. The zero-order chi connectivity index (χ0) is 12.1. The molecule has 0 aliphatic rings. The third kappa shape index (κ3) is 3.58. The third-order valence-electron chi connectivity index (χ3n) is 2.43. The van der Waals surface area contributed by atoms with Crippen molar-refractivity contribution in [3.8, 4) is 0 Å². The Kier molecular flexibility index (Phi) is 4.18. The van der Waals surface area contributed by atoms with Crippen LogP contribution >= 0.6 is 11.8 Å². The van der Waals surface area contributed by atoms with Crippen LogP contribution in [-0.2, 0) is 12.3 Å². The van der Waals surface area contributed by atoms with Gasteiger partial charge in [0.25, 0.3) is 0 Å². The Morgan fingerprint density at radius 2 is 1.76 bits per heavy atom. The summed E-state index contributed by atoms with van der Waals surface area (Å²) in [7, 11) is 0. The fraction of sp³-hybridized carbons (Fsp3) is 0.143. The highest BCUT2D eigenvalue weighted by Crippen LogP contribution is 2.23. The van der Waals surface area contributed by atoms with Gasteiger partial charge >= 0.3 is 0 Å². The van der Waals surface area contributed by atoms with Gasteiger partial charge in [-0.25, -0.2) is 4.39 Å². The van der Waals surface area contributed by atoms with Crippen molar-refractivity contribution in [2.24, 2.45) is 5.73 Å². The minimum Gasteiger partial charge on any atom is -0.326 e. The average Bonchev–Trinajstić information content (AvgIpc) is 2.37. The zero-order valence-electron chi connectivity index (χ0n) is 9.40. The summed E-state index contributed by atoms with van der Waals surface area (Å²) >= 11 is 1.63. The van der Waals surface area contributed by atoms with Gasteiger partial charge in [0, 0.05) is 17.2 Å². The van der Waals surface area contributed by atoms with Crippen molar-refractivity contribution in [1.82, 2.24) is 0 Å². The summed E-state index contributed by atoms with van der Waals surface area (Å²) in [4.78, 5) is 0.947. The van der Waals surface area contributed by atoms with Crippen LogP contribution in [-0.4, -0.2) is 0 Å². The molecular weight excluding hydrogens is 233 g/mol. The Balaban J connectivity index is 2.02. The molecule has 88 valence electrons. The molecule has 3 heteroatoms. The molecule has 0 aliphatic carbocycles. The topological polar surface area (TPSA) is 26.0 Å². The first-order valence-corrected chi connectivity index (χ1v) is 6.43. The van der Waals surface area contributed by atoms with Crippen LogP contribution < -0.4 is 5.73 Å². The fourth-order valence-corrected chi connectivity index (χ4v) is 2.45. The summed E-state index contributed by atoms with van der Waals surface area (Å²) in [5, 5.41) is 0. The predicted molar refractivity (Wildman–Crippen MR) is 70.3 cm³/mol. The zero-order valence-corrected chi connectivity index (χ0v) is 10.2. The lowest BCUT2D eigenvalue weighted by Gasteiger charge is -2.04. The second kappa shape index (κ2) is 5.84. The summed E-state index contributed by atoms with van der Waals surface area (Å²) in [6.45, 7) is 0.554. The first-order chi connectivity index (χ1) is 8.28. The van der Waals surface area contributed by atoms with Crippen molar-refractivity contribution >= 4 is 11.8 Å². The van der Waals surface area contributed by atoms with Crippen molar-refractivity contribution in [3.63, 3.8) is 0 Å². The van der Waals surface area contributed by atoms with Gasteiger partial charge in [0.1, 0.15) is 5.82 Å². The fourth-order valence-electron chi connectivity index (χ4n) is 1.57. The Morgan fingerprint density at radius 3 is 2.53 bits per heavy atom. The van der Waals surface area contributed by atoms with Crippen LogP contribution in [0.5, 0.6) is 0 Å². The molecule has 0 bridgehead atoms. The van der Waals surface area contributed by atoms with Crippen LogP contribution in [0.1, 0.15) is 11.1 Å². The first kappa shape index (κ1) is 12.1. The number of rotatable bonds is 4. The highest BCUT2D eigenvalue weighted by atomic mass is 32.2. The van der Waals surface area contributed by atoms with Crippen LogP contribution in [0.3, 0.4) is 0 Å². The minimum absolute atomic E-state index is 0.189. The maximum absolute atomic E-state index is 13.0. The van der Waals surface area contributed by atoms with E-state index in [1.54, 1.807) is 23.9 Å². The van der Waals surface area contributed by atoms with Gasteiger partial charge in [-0.05, 0) is 29.3 Å². The SMILES string of the molecule is NCc1cccc(CSc2cccc(F)c2)c1. The van der Waals surface area contributed by atoms with E-state index < -0.39 is 0 Å². The smallest absolute Gasteiger partial charge is 0.124 e. The van der Waals surface area contributed by atoms with Gasteiger partial charge < -0.3 is 5.73 Å². The molecule has 17 heavy (non-hydrogen) atoms. The van der Waals surface area contributed by atoms with Crippen molar-refractivity contribution in [2.75, 3.05) is 0 Å². The van der Waals surface area contributed by atoms with E-state index >= 15 is 0 Å². The number of thioether (sulfide) groups is 1. The maximum atomic E-state index is 13.0. The number of hydrogen-bond donors (Lipinski definition) is 1. The molecule has 1 nitrogen and oxygen atoms in total.